The lowest BCUT2D eigenvalue weighted by Gasteiger charge is -2.37. The summed E-state index contributed by atoms with van der Waals surface area (Å²) < 4.78 is 47.6. The van der Waals surface area contributed by atoms with Gasteiger partial charge in [-0.2, -0.15) is 0 Å². The number of hydrogen-bond donors (Lipinski definition) is 0. The minimum Gasteiger partial charge on any atom is -0.445 e. The summed E-state index contributed by atoms with van der Waals surface area (Å²) in [5.74, 6) is -1.33. The van der Waals surface area contributed by atoms with Gasteiger partial charge in [-0.1, -0.05) is 42.5 Å². The van der Waals surface area contributed by atoms with E-state index in [0.717, 1.165) is 24.5 Å². The number of carbonyl (C=O) groups is 2. The van der Waals surface area contributed by atoms with Crippen LogP contribution in [-0.2, 0) is 11.3 Å². The van der Waals surface area contributed by atoms with Crippen LogP contribution in [0.2, 0.25) is 0 Å². The predicted molar refractivity (Wildman–Crippen MR) is 105 cm³/mol. The maximum atomic E-state index is 13.0. The van der Waals surface area contributed by atoms with Crippen LogP contribution in [0.3, 0.4) is 0 Å². The second-order valence-electron chi connectivity index (χ2n) is 7.91. The number of ether oxygens (including phenoxy) is 2. The second kappa shape index (κ2) is 8.61. The molecule has 2 atom stereocenters. The Bertz CT molecular complexity index is 933. The predicted octanol–water partition coefficient (Wildman–Crippen LogP) is 5.35. The fraction of sp³-hybridized carbons (Fsp3) is 0.391. The van der Waals surface area contributed by atoms with Gasteiger partial charge in [-0.15, -0.1) is 13.2 Å². The summed E-state index contributed by atoms with van der Waals surface area (Å²) in [7, 11) is 0. The largest absolute Gasteiger partial charge is 0.573 e. The van der Waals surface area contributed by atoms with E-state index in [1.54, 1.807) is 4.90 Å². The number of piperidine rings is 1. The number of halogens is 3. The highest BCUT2D eigenvalue weighted by atomic mass is 19.4. The van der Waals surface area contributed by atoms with E-state index in [9.17, 15) is 22.8 Å². The first-order chi connectivity index (χ1) is 14.8. The zero-order valence-electron chi connectivity index (χ0n) is 16.7. The fourth-order valence-corrected chi connectivity index (χ4v) is 4.59. The number of para-hydroxylation sites is 1. The Labute approximate surface area is 177 Å². The van der Waals surface area contributed by atoms with Crippen LogP contribution >= 0.6 is 0 Å². The van der Waals surface area contributed by atoms with E-state index in [1.807, 2.05) is 30.3 Å². The molecule has 0 aromatic heterocycles. The molecule has 2 fully saturated rings. The van der Waals surface area contributed by atoms with Crippen LogP contribution in [-0.4, -0.2) is 35.2 Å². The summed E-state index contributed by atoms with van der Waals surface area (Å²) in [6.45, 7) is 0.167. The molecule has 2 heterocycles. The molecule has 0 N–H and O–H groups in total. The third-order valence-corrected chi connectivity index (χ3v) is 5.90. The summed E-state index contributed by atoms with van der Waals surface area (Å²) in [4.78, 5) is 27.4. The maximum absolute atomic E-state index is 13.0. The van der Waals surface area contributed by atoms with E-state index in [0.29, 0.717) is 12.8 Å². The maximum Gasteiger partial charge on any atom is 0.573 e. The van der Waals surface area contributed by atoms with Crippen LogP contribution in [0.1, 0.15) is 41.6 Å². The lowest BCUT2D eigenvalue weighted by atomic mass is 9.84. The summed E-state index contributed by atoms with van der Waals surface area (Å²) in [6.07, 6.45) is -3.00. The Morgan fingerprint density at radius 1 is 0.935 bits per heavy atom. The van der Waals surface area contributed by atoms with Crippen molar-refractivity contribution in [3.05, 3.63) is 65.7 Å². The van der Waals surface area contributed by atoms with Crippen LogP contribution < -0.4 is 4.74 Å². The monoisotopic (exact) mass is 433 g/mol. The summed E-state index contributed by atoms with van der Waals surface area (Å²) in [5, 5.41) is 0. The molecule has 0 saturated carbocycles. The third kappa shape index (κ3) is 4.84. The molecule has 0 radical (unpaired) electrons. The molecule has 0 aliphatic carbocycles. The van der Waals surface area contributed by atoms with Gasteiger partial charge in [0, 0.05) is 18.0 Å². The number of ketones is 1. The molecule has 2 aliphatic heterocycles. The summed E-state index contributed by atoms with van der Waals surface area (Å²) in [6, 6.07) is 14.4. The van der Waals surface area contributed by atoms with Gasteiger partial charge in [-0.25, -0.2) is 4.79 Å². The second-order valence-corrected chi connectivity index (χ2v) is 7.91. The lowest BCUT2D eigenvalue weighted by molar-refractivity contribution is -0.274. The number of alkyl halides is 3. The molecule has 2 aromatic carbocycles. The van der Waals surface area contributed by atoms with Crippen LogP contribution in [0, 0.1) is 5.92 Å². The molecule has 31 heavy (non-hydrogen) atoms. The molecule has 2 unspecified atom stereocenters. The van der Waals surface area contributed by atoms with Crippen LogP contribution in [0.25, 0.3) is 0 Å². The minimum atomic E-state index is -4.87. The number of rotatable bonds is 5. The number of hydrogen-bond acceptors (Lipinski definition) is 4. The van der Waals surface area contributed by atoms with Gasteiger partial charge in [0.25, 0.3) is 0 Å². The smallest absolute Gasteiger partial charge is 0.445 e. The Morgan fingerprint density at radius 2 is 1.55 bits per heavy atom. The van der Waals surface area contributed by atoms with Crippen molar-refractivity contribution in [2.24, 2.45) is 5.92 Å². The molecule has 1 amide bonds. The number of benzene rings is 2. The Kier molecular flexibility index (Phi) is 5.89. The van der Waals surface area contributed by atoms with Gasteiger partial charge in [0.1, 0.15) is 12.4 Å². The van der Waals surface area contributed by atoms with Crippen LogP contribution in [0.15, 0.2) is 54.6 Å². The molecule has 2 bridgehead atoms. The van der Waals surface area contributed by atoms with E-state index < -0.39 is 24.1 Å². The summed E-state index contributed by atoms with van der Waals surface area (Å²) in [5.41, 5.74) is 0.805. The lowest BCUT2D eigenvalue weighted by Crippen LogP contribution is -2.48. The van der Waals surface area contributed by atoms with Gasteiger partial charge in [-0.3, -0.25) is 4.79 Å². The normalized spacial score (nSPS) is 22.8. The molecule has 2 aromatic rings. The van der Waals surface area contributed by atoms with Crippen molar-refractivity contribution in [2.75, 3.05) is 0 Å². The van der Waals surface area contributed by atoms with Crippen LogP contribution in [0.4, 0.5) is 18.0 Å². The van der Waals surface area contributed by atoms with E-state index in [1.165, 1.54) is 18.2 Å². The van der Waals surface area contributed by atoms with Crippen molar-refractivity contribution in [2.45, 2.75) is 50.7 Å². The van der Waals surface area contributed by atoms with Crippen molar-refractivity contribution in [3.63, 3.8) is 0 Å². The zero-order valence-corrected chi connectivity index (χ0v) is 16.7. The zero-order chi connectivity index (χ0) is 22.0. The first kappa shape index (κ1) is 21.2. The number of nitrogens with zero attached hydrogens (tertiary/aromatic N) is 1. The molecule has 8 heteroatoms. The van der Waals surface area contributed by atoms with E-state index in [-0.39, 0.29) is 30.0 Å². The topological polar surface area (TPSA) is 55.8 Å². The van der Waals surface area contributed by atoms with Crippen molar-refractivity contribution >= 4 is 11.9 Å². The van der Waals surface area contributed by atoms with Gasteiger partial charge in [0.2, 0.25) is 0 Å². The average molecular weight is 433 g/mol. The highest BCUT2D eigenvalue weighted by Gasteiger charge is 2.46. The van der Waals surface area contributed by atoms with Crippen molar-refractivity contribution in [1.29, 1.82) is 0 Å². The fourth-order valence-electron chi connectivity index (χ4n) is 4.59. The summed E-state index contributed by atoms with van der Waals surface area (Å²) >= 11 is 0. The van der Waals surface area contributed by atoms with Gasteiger partial charge >= 0.3 is 12.5 Å². The number of Topliss-reactive ketones (excluding diaryl/α,β-unsaturated/α-hetero) is 1. The highest BCUT2D eigenvalue weighted by molar-refractivity contribution is 6.00. The van der Waals surface area contributed by atoms with Gasteiger partial charge in [0.15, 0.2) is 5.78 Å². The molecular weight excluding hydrogens is 411 g/mol. The molecule has 2 aliphatic rings. The Morgan fingerprint density at radius 3 is 2.19 bits per heavy atom. The molecule has 0 spiro atoms. The molecule has 5 nitrogen and oxygen atoms in total. The molecular formula is C23H22F3NO4. The van der Waals surface area contributed by atoms with Crippen LogP contribution in [0.5, 0.6) is 5.75 Å². The highest BCUT2D eigenvalue weighted by Crippen LogP contribution is 2.41. The first-order valence-electron chi connectivity index (χ1n) is 10.2. The Hall–Kier alpha value is -3.03. The van der Waals surface area contributed by atoms with Gasteiger partial charge < -0.3 is 14.4 Å². The van der Waals surface area contributed by atoms with Crippen molar-refractivity contribution < 1.29 is 32.2 Å². The van der Waals surface area contributed by atoms with Crippen molar-refractivity contribution in [1.82, 2.24) is 4.90 Å². The number of fused-ring (bicyclic) bond motifs is 2. The van der Waals surface area contributed by atoms with E-state index >= 15 is 0 Å². The van der Waals surface area contributed by atoms with Crippen molar-refractivity contribution in [3.8, 4) is 5.75 Å². The standard InChI is InChI=1S/C23H22F3NO4/c24-23(25,26)31-20-9-5-4-8-19(20)21(28)16-12-17-10-11-18(13-16)27(17)22(29)30-14-15-6-2-1-3-7-15/h1-9,16-18H,10-14H2. The van der Waals surface area contributed by atoms with Gasteiger partial charge in [0.05, 0.1) is 5.56 Å². The quantitative estimate of drug-likeness (QED) is 0.597. The van der Waals surface area contributed by atoms with E-state index in [2.05, 4.69) is 4.74 Å². The number of carbonyl (C=O) groups excluding carboxylic acids is 2. The molecule has 2 saturated heterocycles. The average Bonchev–Trinajstić information content (AvgIpc) is 3.01. The minimum absolute atomic E-state index is 0.0793. The molecule has 164 valence electrons. The van der Waals surface area contributed by atoms with E-state index in [4.69, 9.17) is 4.74 Å². The first-order valence-corrected chi connectivity index (χ1v) is 10.2. The number of amides is 1. The SMILES string of the molecule is O=C(c1ccccc1OC(F)(F)F)C1CC2CCC(C1)N2C(=O)OCc1ccccc1. The van der Waals surface area contributed by atoms with Gasteiger partial charge in [-0.05, 0) is 43.4 Å². The molecule has 4 rings (SSSR count). The third-order valence-electron chi connectivity index (χ3n) is 5.90. The Balaban J connectivity index is 1.42.